The molecule has 0 aliphatic rings. The van der Waals surface area contributed by atoms with E-state index in [0.717, 1.165) is 15.9 Å². The summed E-state index contributed by atoms with van der Waals surface area (Å²) >= 11 is 0. The maximum absolute atomic E-state index is 11.0. The van der Waals surface area contributed by atoms with Crippen molar-refractivity contribution in [3.63, 3.8) is 0 Å². The van der Waals surface area contributed by atoms with E-state index < -0.39 is 0 Å². The zero-order valence-electron chi connectivity index (χ0n) is 6.00. The van der Waals surface area contributed by atoms with Gasteiger partial charge in [-0.05, 0) is 34.6 Å². The van der Waals surface area contributed by atoms with Gasteiger partial charge in [-0.3, -0.25) is 4.79 Å². The molecule has 0 atom stereocenters. The Labute approximate surface area is 74.3 Å². The van der Waals surface area contributed by atoms with Crippen molar-refractivity contribution in [2.24, 2.45) is 0 Å². The number of benzene rings is 1. The molecule has 1 rings (SSSR count). The summed E-state index contributed by atoms with van der Waals surface area (Å²) < 4.78 is 0. The van der Waals surface area contributed by atoms with Crippen molar-refractivity contribution < 1.29 is 4.79 Å². The van der Waals surface area contributed by atoms with Gasteiger partial charge >= 0.3 is 0 Å². The molecule has 0 aliphatic carbocycles. The van der Waals surface area contributed by atoms with Gasteiger partial charge in [0.25, 0.3) is 0 Å². The minimum Gasteiger partial charge on any atom is -0.294 e. The molecule has 0 N–H and O–H groups in total. The van der Waals surface area contributed by atoms with Gasteiger partial charge in [0, 0.05) is 10.5 Å². The first-order valence-corrected chi connectivity index (χ1v) is 4.78. The van der Waals surface area contributed by atoms with E-state index in [0.29, 0.717) is 5.56 Å². The van der Waals surface area contributed by atoms with Crippen molar-refractivity contribution in [3.8, 4) is 0 Å². The first-order chi connectivity index (χ1) is 5.25. The number of ketones is 1. The summed E-state index contributed by atoms with van der Waals surface area (Å²) in [6.07, 6.45) is 0. The molecule has 1 nitrogen and oxygen atoms in total. The number of halogens is 1. The zero-order valence-corrected chi connectivity index (χ0v) is 7.58. The number of hydrogen-bond acceptors (Lipinski definition) is 2. The van der Waals surface area contributed by atoms with Gasteiger partial charge in [0.2, 0.25) is 0 Å². The van der Waals surface area contributed by atoms with Gasteiger partial charge < -0.3 is 0 Å². The largest absolute Gasteiger partial charge is 0.294 e. The van der Waals surface area contributed by atoms with Crippen LogP contribution in [0, 0.1) is 0 Å². The molecule has 0 fully saturated rings. The summed E-state index contributed by atoms with van der Waals surface area (Å²) in [5, 5.41) is 0. The Morgan fingerprint density at radius 2 is 2.09 bits per heavy atom. The molecule has 0 bridgehead atoms. The van der Waals surface area contributed by atoms with Crippen LogP contribution in [0.2, 0.25) is 0 Å². The van der Waals surface area contributed by atoms with E-state index in [2.05, 4.69) is 0 Å². The molecule has 3 heteroatoms. The van der Waals surface area contributed by atoms with Crippen LogP contribution in [0.15, 0.2) is 29.2 Å². The summed E-state index contributed by atoms with van der Waals surface area (Å²) in [5.41, 5.74) is 0.688. The van der Waals surface area contributed by atoms with Crippen molar-refractivity contribution in [2.75, 3.05) is 0 Å². The Hall–Kier alpha value is -0.470. The molecule has 0 aliphatic heterocycles. The Morgan fingerprint density at radius 1 is 1.45 bits per heavy atom. The molecule has 0 saturated carbocycles. The van der Waals surface area contributed by atoms with Crippen molar-refractivity contribution >= 4 is 27.4 Å². The van der Waals surface area contributed by atoms with Crippen LogP contribution in [-0.2, 0) is 0 Å². The molecule has 0 aromatic heterocycles. The topological polar surface area (TPSA) is 17.1 Å². The molecular weight excluding hydrogens is 180 g/mol. The first kappa shape index (κ1) is 8.62. The lowest BCUT2D eigenvalue weighted by atomic mass is 10.1. The fourth-order valence-electron chi connectivity index (χ4n) is 0.825. The van der Waals surface area contributed by atoms with E-state index in [1.807, 2.05) is 18.2 Å². The van der Waals surface area contributed by atoms with Crippen molar-refractivity contribution in [1.29, 1.82) is 0 Å². The van der Waals surface area contributed by atoms with Gasteiger partial charge in [0.1, 0.15) is 0 Å². The summed E-state index contributed by atoms with van der Waals surface area (Å²) in [5.74, 6) is 0.0498. The molecule has 0 unspecified atom stereocenters. The van der Waals surface area contributed by atoms with Gasteiger partial charge in [-0.25, -0.2) is 0 Å². The normalized spacial score (nSPS) is 9.64. The average molecular weight is 187 g/mol. The lowest BCUT2D eigenvalue weighted by Crippen LogP contribution is -1.92. The number of carbonyl (C=O) groups excluding carboxylic acids is 1. The molecule has 0 saturated heterocycles. The highest BCUT2D eigenvalue weighted by molar-refractivity contribution is 8.21. The lowest BCUT2D eigenvalue weighted by Gasteiger charge is -1.99. The van der Waals surface area contributed by atoms with Crippen LogP contribution in [-0.4, -0.2) is 5.78 Å². The van der Waals surface area contributed by atoms with Gasteiger partial charge in [-0.2, -0.15) is 0 Å². The predicted molar refractivity (Wildman–Crippen MR) is 48.2 cm³/mol. The molecule has 0 radical (unpaired) electrons. The average Bonchev–Trinajstić information content (AvgIpc) is 2.04. The highest BCUT2D eigenvalue weighted by Gasteiger charge is 2.04. The smallest absolute Gasteiger partial charge is 0.160 e. The fourth-order valence-corrected chi connectivity index (χ4v) is 1.65. The van der Waals surface area contributed by atoms with Gasteiger partial charge in [-0.1, -0.05) is 18.2 Å². The second kappa shape index (κ2) is 3.79. The molecule has 11 heavy (non-hydrogen) atoms. The van der Waals surface area contributed by atoms with Gasteiger partial charge in [0.15, 0.2) is 5.78 Å². The minimum absolute atomic E-state index is 0.0498. The van der Waals surface area contributed by atoms with E-state index in [9.17, 15) is 4.79 Å². The van der Waals surface area contributed by atoms with Crippen LogP contribution in [0.25, 0.3) is 0 Å². The third-order valence-corrected chi connectivity index (χ3v) is 2.37. The Morgan fingerprint density at radius 3 is 2.55 bits per heavy atom. The number of rotatable bonds is 2. The predicted octanol–water partition coefficient (Wildman–Crippen LogP) is 3.14. The van der Waals surface area contributed by atoms with Crippen molar-refractivity contribution in [3.05, 3.63) is 29.8 Å². The maximum Gasteiger partial charge on any atom is 0.160 e. The Kier molecular flexibility index (Phi) is 2.97. The van der Waals surface area contributed by atoms with Crippen LogP contribution in [0.5, 0.6) is 0 Å². The Bertz CT molecular complexity index is 273. The second-order valence-electron chi connectivity index (χ2n) is 2.13. The van der Waals surface area contributed by atoms with E-state index in [1.54, 1.807) is 6.07 Å². The van der Waals surface area contributed by atoms with E-state index in [4.69, 9.17) is 10.7 Å². The Balaban J connectivity index is 3.12. The molecule has 0 heterocycles. The number of carbonyl (C=O) groups is 1. The highest BCUT2D eigenvalue weighted by atomic mass is 35.7. The van der Waals surface area contributed by atoms with Crippen molar-refractivity contribution in [1.82, 2.24) is 0 Å². The third-order valence-electron chi connectivity index (χ3n) is 1.35. The standard InChI is InChI=1S/C8H7ClOS/c1-6(10)7-4-2-3-5-8(7)11-9/h2-5H,1H3. The molecule has 1 aromatic carbocycles. The molecule has 0 spiro atoms. The minimum atomic E-state index is 0.0498. The van der Waals surface area contributed by atoms with Gasteiger partial charge in [0.05, 0.1) is 0 Å². The molecule has 58 valence electrons. The fraction of sp³-hybridized carbons (Fsp3) is 0.125. The summed E-state index contributed by atoms with van der Waals surface area (Å²) in [7, 11) is 6.62. The van der Waals surface area contributed by atoms with Gasteiger partial charge in [-0.15, -0.1) is 0 Å². The van der Waals surface area contributed by atoms with Crippen LogP contribution < -0.4 is 0 Å². The van der Waals surface area contributed by atoms with Crippen LogP contribution in [0.1, 0.15) is 17.3 Å². The molecule has 0 amide bonds. The highest BCUT2D eigenvalue weighted by Crippen LogP contribution is 2.25. The summed E-state index contributed by atoms with van der Waals surface area (Å²) in [4.78, 5) is 11.8. The number of Topliss-reactive ketones (excluding diaryl/α,β-unsaturated/α-hetero) is 1. The first-order valence-electron chi connectivity index (χ1n) is 3.14. The van der Waals surface area contributed by atoms with E-state index in [-0.39, 0.29) is 5.78 Å². The monoisotopic (exact) mass is 186 g/mol. The van der Waals surface area contributed by atoms with Crippen LogP contribution in [0.3, 0.4) is 0 Å². The lowest BCUT2D eigenvalue weighted by molar-refractivity contribution is 0.101. The molecule has 1 aromatic rings. The molecular formula is C8H7ClOS. The summed E-state index contributed by atoms with van der Waals surface area (Å²) in [6.45, 7) is 1.53. The maximum atomic E-state index is 11.0. The van der Waals surface area contributed by atoms with Crippen molar-refractivity contribution in [2.45, 2.75) is 11.8 Å². The summed E-state index contributed by atoms with van der Waals surface area (Å²) in [6, 6.07) is 7.28. The third kappa shape index (κ3) is 1.98. The van der Waals surface area contributed by atoms with Crippen LogP contribution in [0.4, 0.5) is 0 Å². The second-order valence-corrected chi connectivity index (χ2v) is 3.19. The quantitative estimate of drug-likeness (QED) is 0.661. The number of hydrogen-bond donors (Lipinski definition) is 0. The zero-order chi connectivity index (χ0) is 8.27. The van der Waals surface area contributed by atoms with Crippen LogP contribution >= 0.6 is 21.7 Å². The van der Waals surface area contributed by atoms with E-state index in [1.165, 1.54) is 6.92 Å². The SMILES string of the molecule is CC(=O)c1ccccc1SCl. The van der Waals surface area contributed by atoms with E-state index >= 15 is 0 Å².